The molecular weight excluding hydrogens is 289 g/mol. The van der Waals surface area contributed by atoms with Crippen LogP contribution in [-0.4, -0.2) is 11.3 Å². The second-order valence-electron chi connectivity index (χ2n) is 3.18. The maximum Gasteiger partial charge on any atom is 0.152 e. The maximum atomic E-state index is 10.7. The minimum atomic E-state index is 0.656. The van der Waals surface area contributed by atoms with Crippen LogP contribution in [-0.2, 0) is 0 Å². The highest BCUT2D eigenvalue weighted by molar-refractivity contribution is 14.1. The highest BCUT2D eigenvalue weighted by Crippen LogP contribution is 2.18. The fourth-order valence-electron chi connectivity index (χ4n) is 1.37. The van der Waals surface area contributed by atoms with Crippen molar-refractivity contribution in [1.29, 1.82) is 0 Å². The van der Waals surface area contributed by atoms with Gasteiger partial charge < -0.3 is 0 Å². The smallest absolute Gasteiger partial charge is 0.152 e. The molecule has 0 bridgehead atoms. The van der Waals surface area contributed by atoms with E-state index >= 15 is 0 Å². The molecule has 0 saturated carbocycles. The van der Waals surface area contributed by atoms with Gasteiger partial charge in [0.2, 0.25) is 0 Å². The molecule has 0 fully saturated rings. The number of carbonyl (C=O) groups is 1. The van der Waals surface area contributed by atoms with Crippen LogP contribution in [0.2, 0.25) is 0 Å². The molecule has 0 aliphatic heterocycles. The first-order chi connectivity index (χ1) is 6.70. The third kappa shape index (κ3) is 1.64. The van der Waals surface area contributed by atoms with E-state index in [4.69, 9.17) is 0 Å². The van der Waals surface area contributed by atoms with E-state index in [0.29, 0.717) is 5.56 Å². The molecule has 0 amide bonds. The summed E-state index contributed by atoms with van der Waals surface area (Å²) in [5, 5.41) is 1.02. The number of hydrogen-bond donors (Lipinski definition) is 0. The van der Waals surface area contributed by atoms with E-state index < -0.39 is 0 Å². The third-order valence-electron chi connectivity index (χ3n) is 2.08. The number of benzene rings is 1. The molecule has 1 aromatic heterocycles. The molecule has 0 aliphatic carbocycles. The number of carbonyl (C=O) groups excluding carboxylic acids is 1. The van der Waals surface area contributed by atoms with Gasteiger partial charge >= 0.3 is 0 Å². The minimum absolute atomic E-state index is 0.656. The van der Waals surface area contributed by atoms with E-state index in [-0.39, 0.29) is 0 Å². The fourth-order valence-corrected chi connectivity index (χ4v) is 1.91. The average Bonchev–Trinajstić information content (AvgIpc) is 2.17. The summed E-state index contributed by atoms with van der Waals surface area (Å²) in [5.74, 6) is 0. The Morgan fingerprint density at radius 2 is 2.14 bits per heavy atom. The lowest BCUT2D eigenvalue weighted by Gasteiger charge is -2.01. The molecule has 14 heavy (non-hydrogen) atoms. The summed E-state index contributed by atoms with van der Waals surface area (Å²) in [6, 6.07) is 7.91. The molecular formula is C11H8INO. The van der Waals surface area contributed by atoms with Crippen LogP contribution >= 0.6 is 22.6 Å². The van der Waals surface area contributed by atoms with Crippen LogP contribution in [0.15, 0.2) is 24.3 Å². The van der Waals surface area contributed by atoms with Crippen molar-refractivity contribution >= 4 is 39.8 Å². The zero-order valence-electron chi connectivity index (χ0n) is 7.62. The van der Waals surface area contributed by atoms with Gasteiger partial charge in [-0.25, -0.2) is 4.98 Å². The summed E-state index contributed by atoms with van der Waals surface area (Å²) in [7, 11) is 0. The van der Waals surface area contributed by atoms with Crippen molar-refractivity contribution in [1.82, 2.24) is 4.98 Å². The maximum absolute atomic E-state index is 10.7. The molecule has 0 N–H and O–H groups in total. The molecule has 2 nitrogen and oxygen atoms in total. The van der Waals surface area contributed by atoms with Crippen LogP contribution in [0, 0.1) is 10.6 Å². The number of nitrogens with zero attached hydrogens (tertiary/aromatic N) is 1. The minimum Gasteiger partial charge on any atom is -0.298 e. The first kappa shape index (κ1) is 9.58. The van der Waals surface area contributed by atoms with E-state index in [1.165, 1.54) is 5.56 Å². The van der Waals surface area contributed by atoms with E-state index in [1.54, 1.807) is 0 Å². The topological polar surface area (TPSA) is 30.0 Å². The number of halogens is 1. The predicted octanol–water partition coefficient (Wildman–Crippen LogP) is 2.96. The van der Waals surface area contributed by atoms with Crippen LogP contribution < -0.4 is 0 Å². The number of fused-ring (bicyclic) bond motifs is 1. The van der Waals surface area contributed by atoms with Crippen molar-refractivity contribution in [3.8, 4) is 0 Å². The van der Waals surface area contributed by atoms with E-state index in [0.717, 1.165) is 20.9 Å². The number of hydrogen-bond acceptors (Lipinski definition) is 2. The van der Waals surface area contributed by atoms with E-state index in [2.05, 4.69) is 27.6 Å². The van der Waals surface area contributed by atoms with Gasteiger partial charge in [-0.15, -0.1) is 0 Å². The molecule has 1 heterocycles. The molecule has 0 aliphatic rings. The standard InChI is InChI=1S/C11H8INO/c1-7-2-3-10-8(4-7)5-9(6-14)11(12)13-10/h2-6H,1H3. The summed E-state index contributed by atoms with van der Waals surface area (Å²) >= 11 is 2.07. The number of aryl methyl sites for hydroxylation is 1. The normalized spacial score (nSPS) is 10.4. The first-order valence-corrected chi connectivity index (χ1v) is 5.30. The van der Waals surface area contributed by atoms with Crippen molar-refractivity contribution in [2.24, 2.45) is 0 Å². The van der Waals surface area contributed by atoms with Crippen LogP contribution in [0.4, 0.5) is 0 Å². The van der Waals surface area contributed by atoms with Gasteiger partial charge in [-0.2, -0.15) is 0 Å². The van der Waals surface area contributed by atoms with E-state index in [1.807, 2.05) is 31.2 Å². The van der Waals surface area contributed by atoms with E-state index in [9.17, 15) is 4.79 Å². The Kier molecular flexibility index (Phi) is 2.50. The summed E-state index contributed by atoms with van der Waals surface area (Å²) in [6.07, 6.45) is 0.844. The highest BCUT2D eigenvalue weighted by Gasteiger charge is 2.02. The van der Waals surface area contributed by atoms with Crippen molar-refractivity contribution in [2.75, 3.05) is 0 Å². The lowest BCUT2D eigenvalue weighted by Crippen LogP contribution is -1.91. The monoisotopic (exact) mass is 297 g/mol. The zero-order valence-corrected chi connectivity index (χ0v) is 9.78. The quantitative estimate of drug-likeness (QED) is 0.460. The molecule has 0 atom stereocenters. The summed E-state index contributed by atoms with van der Waals surface area (Å²) in [6.45, 7) is 2.03. The number of rotatable bonds is 1. The third-order valence-corrected chi connectivity index (χ3v) is 2.94. The van der Waals surface area contributed by atoms with Crippen LogP contribution in [0.5, 0.6) is 0 Å². The Morgan fingerprint density at radius 3 is 2.86 bits per heavy atom. The molecule has 0 radical (unpaired) electrons. The fraction of sp³-hybridized carbons (Fsp3) is 0.0909. The molecule has 0 unspecified atom stereocenters. The van der Waals surface area contributed by atoms with Gasteiger partial charge in [-0.1, -0.05) is 11.6 Å². The second kappa shape index (κ2) is 3.65. The summed E-state index contributed by atoms with van der Waals surface area (Å²) in [4.78, 5) is 15.1. The lowest BCUT2D eigenvalue weighted by atomic mass is 10.1. The van der Waals surface area contributed by atoms with Crippen molar-refractivity contribution in [3.05, 3.63) is 39.1 Å². The van der Waals surface area contributed by atoms with Crippen LogP contribution in [0.3, 0.4) is 0 Å². The molecule has 0 spiro atoms. The van der Waals surface area contributed by atoms with Gasteiger partial charge in [0, 0.05) is 10.9 Å². The Balaban J connectivity index is 2.79. The molecule has 2 rings (SSSR count). The Morgan fingerprint density at radius 1 is 1.36 bits per heavy atom. The zero-order chi connectivity index (χ0) is 10.1. The molecule has 1 aromatic carbocycles. The highest BCUT2D eigenvalue weighted by atomic mass is 127. The Labute approximate surface area is 95.5 Å². The van der Waals surface area contributed by atoms with Crippen LogP contribution in [0.1, 0.15) is 15.9 Å². The van der Waals surface area contributed by atoms with Gasteiger partial charge in [0.1, 0.15) is 3.70 Å². The van der Waals surface area contributed by atoms with Gasteiger partial charge in [0.25, 0.3) is 0 Å². The second-order valence-corrected chi connectivity index (χ2v) is 4.20. The van der Waals surface area contributed by atoms with Gasteiger partial charge in [0.05, 0.1) is 5.52 Å². The lowest BCUT2D eigenvalue weighted by molar-refractivity contribution is 0.112. The first-order valence-electron chi connectivity index (χ1n) is 4.23. The van der Waals surface area contributed by atoms with Gasteiger partial charge in [-0.3, -0.25) is 4.79 Å². The number of pyridine rings is 1. The van der Waals surface area contributed by atoms with Crippen molar-refractivity contribution in [2.45, 2.75) is 6.92 Å². The average molecular weight is 297 g/mol. The largest absolute Gasteiger partial charge is 0.298 e. The van der Waals surface area contributed by atoms with Crippen LogP contribution in [0.25, 0.3) is 10.9 Å². The van der Waals surface area contributed by atoms with Crippen molar-refractivity contribution in [3.63, 3.8) is 0 Å². The Bertz CT molecular complexity index is 508. The number of aldehydes is 1. The predicted molar refractivity (Wildman–Crippen MR) is 64.6 cm³/mol. The Hall–Kier alpha value is -0.970. The SMILES string of the molecule is Cc1ccc2nc(I)c(C=O)cc2c1. The number of aromatic nitrogens is 1. The van der Waals surface area contributed by atoms with Gasteiger partial charge in [0.15, 0.2) is 6.29 Å². The summed E-state index contributed by atoms with van der Waals surface area (Å²) in [5.41, 5.74) is 2.77. The molecule has 2 aromatic rings. The van der Waals surface area contributed by atoms with Gasteiger partial charge in [-0.05, 0) is 47.7 Å². The van der Waals surface area contributed by atoms with Crippen molar-refractivity contribution < 1.29 is 4.79 Å². The molecule has 3 heteroatoms. The molecule has 70 valence electrons. The summed E-state index contributed by atoms with van der Waals surface area (Å²) < 4.78 is 0.758. The molecule has 0 saturated heterocycles.